The van der Waals surface area contributed by atoms with E-state index >= 15 is 0 Å². The first kappa shape index (κ1) is 11.0. The number of carbonyl (C=O) groups is 1. The smallest absolute Gasteiger partial charge is 0.339 e. The third-order valence-electron chi connectivity index (χ3n) is 2.07. The molecule has 0 aromatic heterocycles. The molecule has 1 N–H and O–H groups in total. The molecule has 0 aliphatic rings. The van der Waals surface area contributed by atoms with E-state index in [1.165, 1.54) is 7.11 Å². The molecular weight excluding hydrogens is 246 g/mol. The van der Waals surface area contributed by atoms with Crippen molar-refractivity contribution in [3.8, 4) is 0 Å². The number of carbonyl (C=O) groups excluding carboxylic acids is 1. The number of methoxy groups -OCH3 is 1. The van der Waals surface area contributed by atoms with E-state index in [1.807, 2.05) is 26.1 Å². The average molecular weight is 258 g/mol. The van der Waals surface area contributed by atoms with Gasteiger partial charge in [-0.3, -0.25) is 0 Å². The van der Waals surface area contributed by atoms with E-state index in [2.05, 4.69) is 21.2 Å². The van der Waals surface area contributed by atoms with Crippen molar-refractivity contribution < 1.29 is 9.53 Å². The first-order chi connectivity index (χ1) is 6.61. The molecule has 0 amide bonds. The molecule has 0 radical (unpaired) electrons. The maximum absolute atomic E-state index is 11.4. The lowest BCUT2D eigenvalue weighted by atomic mass is 10.1. The van der Waals surface area contributed by atoms with Gasteiger partial charge in [-0.1, -0.05) is 0 Å². The molecule has 0 heterocycles. The van der Waals surface area contributed by atoms with Gasteiger partial charge in [-0.25, -0.2) is 4.79 Å². The van der Waals surface area contributed by atoms with E-state index in [0.717, 1.165) is 15.7 Å². The maximum Gasteiger partial charge on any atom is 0.339 e. The Balaban J connectivity index is 3.32. The molecule has 1 aromatic rings. The second-order valence-electron chi connectivity index (χ2n) is 2.84. The zero-order chi connectivity index (χ0) is 10.7. The number of esters is 1. The van der Waals surface area contributed by atoms with Crippen LogP contribution in [-0.4, -0.2) is 20.1 Å². The highest BCUT2D eigenvalue weighted by atomic mass is 79.9. The van der Waals surface area contributed by atoms with Crippen LogP contribution in [0.3, 0.4) is 0 Å². The molecule has 1 aromatic carbocycles. The summed E-state index contributed by atoms with van der Waals surface area (Å²) in [6.45, 7) is 1.88. The maximum atomic E-state index is 11.4. The van der Waals surface area contributed by atoms with Crippen LogP contribution in [0.4, 0.5) is 5.69 Å². The zero-order valence-electron chi connectivity index (χ0n) is 8.35. The molecule has 14 heavy (non-hydrogen) atoms. The van der Waals surface area contributed by atoms with E-state index in [9.17, 15) is 4.79 Å². The third-order valence-corrected chi connectivity index (χ3v) is 2.73. The zero-order valence-corrected chi connectivity index (χ0v) is 9.94. The highest BCUT2D eigenvalue weighted by molar-refractivity contribution is 9.10. The van der Waals surface area contributed by atoms with Crippen molar-refractivity contribution in [3.05, 3.63) is 27.7 Å². The fourth-order valence-electron chi connectivity index (χ4n) is 1.30. The molecule has 1 rings (SSSR count). The van der Waals surface area contributed by atoms with Crippen LogP contribution in [-0.2, 0) is 4.74 Å². The largest absolute Gasteiger partial charge is 0.465 e. The summed E-state index contributed by atoms with van der Waals surface area (Å²) in [7, 11) is 3.19. The molecule has 0 aliphatic heterocycles. The van der Waals surface area contributed by atoms with Gasteiger partial charge in [-0.15, -0.1) is 0 Å². The van der Waals surface area contributed by atoms with Gasteiger partial charge < -0.3 is 10.1 Å². The molecule has 0 spiro atoms. The molecule has 0 saturated carbocycles. The Hall–Kier alpha value is -1.03. The molecule has 0 bridgehead atoms. The van der Waals surface area contributed by atoms with Gasteiger partial charge in [0.05, 0.1) is 12.7 Å². The minimum atomic E-state index is -0.327. The van der Waals surface area contributed by atoms with Crippen LogP contribution < -0.4 is 5.32 Å². The first-order valence-electron chi connectivity index (χ1n) is 4.17. The van der Waals surface area contributed by atoms with Gasteiger partial charge >= 0.3 is 5.97 Å². The summed E-state index contributed by atoms with van der Waals surface area (Å²) in [6.07, 6.45) is 0. The van der Waals surface area contributed by atoms with Gasteiger partial charge in [0.2, 0.25) is 0 Å². The average Bonchev–Trinajstić information content (AvgIpc) is 2.18. The Bertz CT molecular complexity index is 363. The second kappa shape index (κ2) is 4.46. The summed E-state index contributed by atoms with van der Waals surface area (Å²) in [6, 6.07) is 3.73. The minimum Gasteiger partial charge on any atom is -0.465 e. The Morgan fingerprint density at radius 1 is 1.50 bits per heavy atom. The van der Waals surface area contributed by atoms with Crippen LogP contribution in [0.5, 0.6) is 0 Å². The minimum absolute atomic E-state index is 0.327. The standard InChI is InChI=1S/C10H12BrNO2/c1-6-8(12-2)5-4-7(11)9(6)10(13)14-3/h4-5,12H,1-3H3. The fraction of sp³-hybridized carbons (Fsp3) is 0.300. The number of rotatable bonds is 2. The summed E-state index contributed by atoms with van der Waals surface area (Å²) in [5.74, 6) is -0.327. The number of halogens is 1. The van der Waals surface area contributed by atoms with Gasteiger partial charge in [0, 0.05) is 17.2 Å². The monoisotopic (exact) mass is 257 g/mol. The Morgan fingerprint density at radius 3 is 2.64 bits per heavy atom. The van der Waals surface area contributed by atoms with Crippen LogP contribution in [0, 0.1) is 6.92 Å². The summed E-state index contributed by atoms with van der Waals surface area (Å²) < 4.78 is 5.45. The summed E-state index contributed by atoms with van der Waals surface area (Å²) in [5, 5.41) is 3.01. The third kappa shape index (κ3) is 1.90. The SMILES string of the molecule is CNc1ccc(Br)c(C(=O)OC)c1C. The van der Waals surface area contributed by atoms with Crippen molar-refractivity contribution in [2.75, 3.05) is 19.5 Å². The molecule has 76 valence electrons. The van der Waals surface area contributed by atoms with Gasteiger partial charge in [-0.05, 0) is 40.5 Å². The predicted molar refractivity (Wildman–Crippen MR) is 59.8 cm³/mol. The lowest BCUT2D eigenvalue weighted by Gasteiger charge is -2.11. The van der Waals surface area contributed by atoms with Gasteiger partial charge in [0.1, 0.15) is 0 Å². The molecule has 0 saturated heterocycles. The summed E-state index contributed by atoms with van der Waals surface area (Å²) in [4.78, 5) is 11.4. The topological polar surface area (TPSA) is 38.3 Å². The van der Waals surface area contributed by atoms with Crippen LogP contribution in [0.15, 0.2) is 16.6 Å². The first-order valence-corrected chi connectivity index (χ1v) is 4.96. The lowest BCUT2D eigenvalue weighted by molar-refractivity contribution is 0.0599. The summed E-state index contributed by atoms with van der Waals surface area (Å²) >= 11 is 3.32. The van der Waals surface area contributed by atoms with Gasteiger partial charge in [0.25, 0.3) is 0 Å². The Labute approximate surface area is 91.6 Å². The fourth-order valence-corrected chi connectivity index (χ4v) is 1.89. The number of nitrogens with one attached hydrogen (secondary N) is 1. The van der Waals surface area contributed by atoms with Gasteiger partial charge in [0.15, 0.2) is 0 Å². The second-order valence-corrected chi connectivity index (χ2v) is 3.69. The molecule has 3 nitrogen and oxygen atoms in total. The van der Waals surface area contributed by atoms with Crippen molar-refractivity contribution in [3.63, 3.8) is 0 Å². The van der Waals surface area contributed by atoms with Crippen molar-refractivity contribution in [1.29, 1.82) is 0 Å². The highest BCUT2D eigenvalue weighted by Gasteiger charge is 2.15. The molecule has 0 fully saturated rings. The molecule has 0 atom stereocenters. The molecule has 0 unspecified atom stereocenters. The van der Waals surface area contributed by atoms with E-state index < -0.39 is 0 Å². The Kier molecular flexibility index (Phi) is 3.52. The van der Waals surface area contributed by atoms with E-state index in [0.29, 0.717) is 5.56 Å². The van der Waals surface area contributed by atoms with Crippen LogP contribution in [0.2, 0.25) is 0 Å². The normalized spacial score (nSPS) is 9.71. The quantitative estimate of drug-likeness (QED) is 0.828. The van der Waals surface area contributed by atoms with Crippen LogP contribution >= 0.6 is 15.9 Å². The lowest BCUT2D eigenvalue weighted by Crippen LogP contribution is -2.07. The molecule has 0 aliphatic carbocycles. The van der Waals surface area contributed by atoms with E-state index in [4.69, 9.17) is 4.74 Å². The number of ether oxygens (including phenoxy) is 1. The van der Waals surface area contributed by atoms with Crippen molar-refractivity contribution in [1.82, 2.24) is 0 Å². The summed E-state index contributed by atoms with van der Waals surface area (Å²) in [5.41, 5.74) is 2.38. The highest BCUT2D eigenvalue weighted by Crippen LogP contribution is 2.26. The Morgan fingerprint density at radius 2 is 2.14 bits per heavy atom. The van der Waals surface area contributed by atoms with Crippen LogP contribution in [0.25, 0.3) is 0 Å². The van der Waals surface area contributed by atoms with Crippen molar-refractivity contribution >= 4 is 27.6 Å². The van der Waals surface area contributed by atoms with E-state index in [-0.39, 0.29) is 5.97 Å². The number of anilines is 1. The molecule has 4 heteroatoms. The predicted octanol–water partition coefficient (Wildman–Crippen LogP) is 2.59. The van der Waals surface area contributed by atoms with Crippen LogP contribution in [0.1, 0.15) is 15.9 Å². The number of hydrogen-bond acceptors (Lipinski definition) is 3. The number of benzene rings is 1. The number of hydrogen-bond donors (Lipinski definition) is 1. The molecular formula is C10H12BrNO2. The van der Waals surface area contributed by atoms with E-state index in [1.54, 1.807) is 0 Å². The van der Waals surface area contributed by atoms with Crippen molar-refractivity contribution in [2.45, 2.75) is 6.92 Å². The van der Waals surface area contributed by atoms with Crippen molar-refractivity contribution in [2.24, 2.45) is 0 Å². The van der Waals surface area contributed by atoms with Gasteiger partial charge in [-0.2, -0.15) is 0 Å².